The zero-order chi connectivity index (χ0) is 12.3. The molecule has 2 nitrogen and oxygen atoms in total. The average molecular weight is 290 g/mol. The largest absolute Gasteiger partial charge is 0.392 e. The molecule has 1 rings (SSSR count). The molecule has 16 heavy (non-hydrogen) atoms. The lowest BCUT2D eigenvalue weighted by molar-refractivity contribution is 0.0956. The molecule has 0 heterocycles. The molecule has 0 aliphatic heterocycles. The van der Waals surface area contributed by atoms with Gasteiger partial charge in [-0.2, -0.15) is 0 Å². The molecule has 4 heteroatoms. The highest BCUT2D eigenvalue weighted by Gasteiger charge is 2.22. The van der Waals surface area contributed by atoms with Crippen molar-refractivity contribution in [3.05, 3.63) is 34.1 Å². The van der Waals surface area contributed by atoms with Crippen LogP contribution in [0, 0.1) is 5.82 Å². The third-order valence-corrected chi connectivity index (χ3v) is 3.38. The van der Waals surface area contributed by atoms with Crippen molar-refractivity contribution >= 4 is 15.9 Å². The zero-order valence-electron chi connectivity index (χ0n) is 9.72. The quantitative estimate of drug-likeness (QED) is 0.893. The van der Waals surface area contributed by atoms with Gasteiger partial charge in [-0.1, -0.05) is 6.07 Å². The van der Waals surface area contributed by atoms with E-state index in [4.69, 9.17) is 0 Å². The first kappa shape index (κ1) is 13.6. The molecular weight excluding hydrogens is 273 g/mol. The van der Waals surface area contributed by atoms with Crippen LogP contribution in [-0.4, -0.2) is 16.7 Å². The molecule has 0 spiro atoms. The first-order chi connectivity index (χ1) is 7.33. The van der Waals surface area contributed by atoms with Crippen LogP contribution in [0.25, 0.3) is 0 Å². The van der Waals surface area contributed by atoms with Crippen molar-refractivity contribution in [3.8, 4) is 0 Å². The van der Waals surface area contributed by atoms with Crippen LogP contribution in [0.2, 0.25) is 0 Å². The van der Waals surface area contributed by atoms with Crippen molar-refractivity contribution < 1.29 is 9.50 Å². The van der Waals surface area contributed by atoms with Crippen LogP contribution in [0.3, 0.4) is 0 Å². The van der Waals surface area contributed by atoms with Gasteiger partial charge >= 0.3 is 0 Å². The van der Waals surface area contributed by atoms with E-state index < -0.39 is 6.10 Å². The van der Waals surface area contributed by atoms with E-state index in [9.17, 15) is 9.50 Å². The summed E-state index contributed by atoms with van der Waals surface area (Å²) in [5.41, 5.74) is 0.614. The Morgan fingerprint density at radius 1 is 1.50 bits per heavy atom. The van der Waals surface area contributed by atoms with Crippen molar-refractivity contribution in [3.63, 3.8) is 0 Å². The normalized spacial score (nSPS) is 13.9. The topological polar surface area (TPSA) is 32.3 Å². The second-order valence-electron chi connectivity index (χ2n) is 4.50. The number of nitrogens with one attached hydrogen (secondary N) is 1. The van der Waals surface area contributed by atoms with Gasteiger partial charge in [0.1, 0.15) is 5.82 Å². The molecule has 0 bridgehead atoms. The van der Waals surface area contributed by atoms with Gasteiger partial charge in [-0.05, 0) is 54.4 Å². The van der Waals surface area contributed by atoms with Gasteiger partial charge in [-0.25, -0.2) is 4.39 Å². The number of rotatable bonds is 4. The molecule has 0 aliphatic rings. The van der Waals surface area contributed by atoms with Gasteiger partial charge < -0.3 is 10.4 Å². The van der Waals surface area contributed by atoms with Crippen LogP contribution in [0.15, 0.2) is 22.7 Å². The number of aliphatic hydroxyl groups excluding tert-OH is 1. The summed E-state index contributed by atoms with van der Waals surface area (Å²) < 4.78 is 13.5. The zero-order valence-corrected chi connectivity index (χ0v) is 11.3. The highest BCUT2D eigenvalue weighted by molar-refractivity contribution is 9.10. The summed E-state index contributed by atoms with van der Waals surface area (Å²) in [6, 6.07) is 4.89. The molecule has 1 aromatic carbocycles. The first-order valence-electron chi connectivity index (χ1n) is 5.20. The monoisotopic (exact) mass is 289 g/mol. The van der Waals surface area contributed by atoms with Crippen molar-refractivity contribution in [1.29, 1.82) is 0 Å². The maximum absolute atomic E-state index is 13.0. The summed E-state index contributed by atoms with van der Waals surface area (Å²) in [4.78, 5) is 0. The molecule has 0 saturated carbocycles. The fourth-order valence-corrected chi connectivity index (χ4v) is 1.55. The minimum atomic E-state index is -0.448. The smallest absolute Gasteiger partial charge is 0.137 e. The minimum absolute atomic E-state index is 0.265. The predicted octanol–water partition coefficient (Wildman–Crippen LogP) is 2.84. The van der Waals surface area contributed by atoms with Gasteiger partial charge in [0.25, 0.3) is 0 Å². The van der Waals surface area contributed by atoms with E-state index >= 15 is 0 Å². The van der Waals surface area contributed by atoms with Crippen LogP contribution in [-0.2, 0) is 6.54 Å². The Kier molecular flexibility index (Phi) is 4.47. The highest BCUT2D eigenvalue weighted by Crippen LogP contribution is 2.17. The summed E-state index contributed by atoms with van der Waals surface area (Å²) in [5, 5.41) is 12.8. The SMILES string of the molecule is CC(O)C(C)(C)NCc1ccc(F)c(Br)c1. The second kappa shape index (κ2) is 5.25. The van der Waals surface area contributed by atoms with Crippen LogP contribution in [0.5, 0.6) is 0 Å². The van der Waals surface area contributed by atoms with E-state index in [1.165, 1.54) is 6.07 Å². The van der Waals surface area contributed by atoms with Gasteiger partial charge in [0.2, 0.25) is 0 Å². The fraction of sp³-hybridized carbons (Fsp3) is 0.500. The lowest BCUT2D eigenvalue weighted by Gasteiger charge is -2.29. The summed E-state index contributed by atoms with van der Waals surface area (Å²) in [6.07, 6.45) is -0.448. The number of hydrogen-bond acceptors (Lipinski definition) is 2. The molecule has 0 aromatic heterocycles. The molecule has 0 radical (unpaired) electrons. The lowest BCUT2D eigenvalue weighted by Crippen LogP contribution is -2.47. The van der Waals surface area contributed by atoms with Gasteiger partial charge in [-0.15, -0.1) is 0 Å². The van der Waals surface area contributed by atoms with Gasteiger partial charge in [0.05, 0.1) is 10.6 Å². The number of aliphatic hydroxyl groups is 1. The molecule has 0 saturated heterocycles. The average Bonchev–Trinajstić information content (AvgIpc) is 2.20. The molecule has 0 fully saturated rings. The Morgan fingerprint density at radius 2 is 2.12 bits per heavy atom. The molecule has 1 atom stereocenters. The van der Waals surface area contributed by atoms with Gasteiger partial charge in [0, 0.05) is 12.1 Å². The van der Waals surface area contributed by atoms with E-state index in [2.05, 4.69) is 21.2 Å². The number of benzene rings is 1. The lowest BCUT2D eigenvalue weighted by atomic mass is 9.98. The van der Waals surface area contributed by atoms with Crippen LogP contribution in [0.4, 0.5) is 4.39 Å². The minimum Gasteiger partial charge on any atom is -0.392 e. The van der Waals surface area contributed by atoms with Crippen LogP contribution < -0.4 is 5.32 Å². The second-order valence-corrected chi connectivity index (χ2v) is 5.35. The van der Waals surface area contributed by atoms with E-state index in [0.29, 0.717) is 11.0 Å². The van der Waals surface area contributed by atoms with E-state index in [1.54, 1.807) is 19.1 Å². The Hall–Kier alpha value is -0.450. The van der Waals surface area contributed by atoms with Crippen LogP contribution >= 0.6 is 15.9 Å². The fourth-order valence-electron chi connectivity index (χ4n) is 1.13. The summed E-state index contributed by atoms with van der Waals surface area (Å²) in [5.74, 6) is -0.265. The standard InChI is InChI=1S/C12H17BrFNO/c1-8(16)12(2,3)15-7-9-4-5-11(14)10(13)6-9/h4-6,8,15-16H,7H2,1-3H3. The molecule has 1 unspecified atom stereocenters. The van der Waals surface area contributed by atoms with Crippen molar-refractivity contribution in [2.75, 3.05) is 0 Å². The molecule has 1 aromatic rings. The molecule has 0 aliphatic carbocycles. The Labute approximate surface area is 104 Å². The number of hydrogen-bond donors (Lipinski definition) is 2. The molecule has 2 N–H and O–H groups in total. The highest BCUT2D eigenvalue weighted by atomic mass is 79.9. The van der Waals surface area contributed by atoms with Gasteiger partial charge in [0.15, 0.2) is 0 Å². The number of halogens is 2. The van der Waals surface area contributed by atoms with Crippen LogP contribution in [0.1, 0.15) is 26.3 Å². The summed E-state index contributed by atoms with van der Waals surface area (Å²) in [6.45, 7) is 6.19. The maximum atomic E-state index is 13.0. The maximum Gasteiger partial charge on any atom is 0.137 e. The van der Waals surface area contributed by atoms with E-state index in [1.807, 2.05) is 13.8 Å². The van der Waals surface area contributed by atoms with E-state index in [0.717, 1.165) is 5.56 Å². The van der Waals surface area contributed by atoms with Crippen molar-refractivity contribution in [2.24, 2.45) is 0 Å². The molecular formula is C12H17BrFNO. The molecule has 90 valence electrons. The predicted molar refractivity (Wildman–Crippen MR) is 66.7 cm³/mol. The van der Waals surface area contributed by atoms with E-state index in [-0.39, 0.29) is 11.4 Å². The Morgan fingerprint density at radius 3 is 2.62 bits per heavy atom. The summed E-state index contributed by atoms with van der Waals surface area (Å²) >= 11 is 3.14. The third-order valence-electron chi connectivity index (χ3n) is 2.78. The van der Waals surface area contributed by atoms with Crippen molar-refractivity contribution in [2.45, 2.75) is 39.0 Å². The van der Waals surface area contributed by atoms with Gasteiger partial charge in [-0.3, -0.25) is 0 Å². The Balaban J connectivity index is 2.65. The summed E-state index contributed by atoms with van der Waals surface area (Å²) in [7, 11) is 0. The van der Waals surface area contributed by atoms with Crippen molar-refractivity contribution in [1.82, 2.24) is 5.32 Å². The molecule has 0 amide bonds. The third kappa shape index (κ3) is 3.54. The Bertz CT molecular complexity index is 366. The first-order valence-corrected chi connectivity index (χ1v) is 5.99.